The summed E-state index contributed by atoms with van der Waals surface area (Å²) in [7, 11) is 0. The van der Waals surface area contributed by atoms with E-state index in [-0.39, 0.29) is 5.54 Å². The third kappa shape index (κ3) is 2.04. The van der Waals surface area contributed by atoms with Gasteiger partial charge < -0.3 is 5.73 Å². The Morgan fingerprint density at radius 3 is 2.35 bits per heavy atom. The maximum Gasteiger partial charge on any atom is 0.0382 e. The fraction of sp³-hybridized carbons (Fsp3) is 1.00. The highest BCUT2D eigenvalue weighted by Crippen LogP contribution is 2.50. The number of rotatable bonds is 2. The van der Waals surface area contributed by atoms with Crippen molar-refractivity contribution in [2.75, 3.05) is 19.6 Å². The van der Waals surface area contributed by atoms with E-state index in [1.54, 1.807) is 0 Å². The third-order valence-electron chi connectivity index (χ3n) is 5.93. The zero-order valence-electron chi connectivity index (χ0n) is 12.1. The standard InChI is InChI=1S/C15H30N2/c1-12-6-9-17(10-13(12)2)15(11-16)8-5-7-14(15,3)4/h12-13H,5-11,16H2,1-4H3. The van der Waals surface area contributed by atoms with Crippen molar-refractivity contribution in [2.45, 2.75) is 58.9 Å². The van der Waals surface area contributed by atoms with Crippen LogP contribution < -0.4 is 5.73 Å². The summed E-state index contributed by atoms with van der Waals surface area (Å²) in [5.74, 6) is 1.70. The number of nitrogens with zero attached hydrogens (tertiary/aromatic N) is 1. The summed E-state index contributed by atoms with van der Waals surface area (Å²) in [6.45, 7) is 13.0. The first-order valence-corrected chi connectivity index (χ1v) is 7.38. The molecular weight excluding hydrogens is 208 g/mol. The van der Waals surface area contributed by atoms with Gasteiger partial charge in [-0.2, -0.15) is 0 Å². The molecule has 0 radical (unpaired) electrons. The Kier molecular flexibility index (Phi) is 3.57. The first kappa shape index (κ1) is 13.4. The van der Waals surface area contributed by atoms with Gasteiger partial charge in [-0.3, -0.25) is 4.90 Å². The largest absolute Gasteiger partial charge is 0.329 e. The highest BCUT2D eigenvalue weighted by atomic mass is 15.2. The highest BCUT2D eigenvalue weighted by molar-refractivity contribution is 5.08. The fourth-order valence-electron chi connectivity index (χ4n) is 4.14. The van der Waals surface area contributed by atoms with Crippen molar-refractivity contribution in [1.29, 1.82) is 0 Å². The summed E-state index contributed by atoms with van der Waals surface area (Å²) in [5.41, 5.74) is 6.88. The van der Waals surface area contributed by atoms with Gasteiger partial charge in [-0.15, -0.1) is 0 Å². The molecule has 0 spiro atoms. The second kappa shape index (κ2) is 4.55. The molecule has 2 aliphatic rings. The van der Waals surface area contributed by atoms with Gasteiger partial charge >= 0.3 is 0 Å². The van der Waals surface area contributed by atoms with E-state index in [9.17, 15) is 0 Å². The molecule has 1 saturated carbocycles. The molecule has 3 unspecified atom stereocenters. The van der Waals surface area contributed by atoms with Crippen molar-refractivity contribution in [1.82, 2.24) is 4.90 Å². The maximum absolute atomic E-state index is 6.21. The third-order valence-corrected chi connectivity index (χ3v) is 5.93. The van der Waals surface area contributed by atoms with E-state index in [0.29, 0.717) is 5.41 Å². The molecule has 2 fully saturated rings. The van der Waals surface area contributed by atoms with Gasteiger partial charge in [-0.25, -0.2) is 0 Å². The minimum absolute atomic E-state index is 0.279. The molecule has 0 aromatic carbocycles. The minimum atomic E-state index is 0.279. The van der Waals surface area contributed by atoms with Gasteiger partial charge in [-0.05, 0) is 43.1 Å². The first-order chi connectivity index (χ1) is 7.93. The van der Waals surface area contributed by atoms with Crippen LogP contribution in [0, 0.1) is 17.3 Å². The van der Waals surface area contributed by atoms with Crippen molar-refractivity contribution in [2.24, 2.45) is 23.0 Å². The van der Waals surface area contributed by atoms with Crippen LogP contribution in [0.15, 0.2) is 0 Å². The average molecular weight is 238 g/mol. The summed E-state index contributed by atoms with van der Waals surface area (Å²) in [6, 6.07) is 0. The molecule has 0 aromatic rings. The van der Waals surface area contributed by atoms with Crippen molar-refractivity contribution in [3.05, 3.63) is 0 Å². The molecule has 2 heteroatoms. The molecule has 1 aliphatic carbocycles. The fourth-order valence-corrected chi connectivity index (χ4v) is 4.14. The summed E-state index contributed by atoms with van der Waals surface area (Å²) in [6.07, 6.45) is 5.34. The smallest absolute Gasteiger partial charge is 0.0382 e. The van der Waals surface area contributed by atoms with Gasteiger partial charge in [0.15, 0.2) is 0 Å². The van der Waals surface area contributed by atoms with Crippen molar-refractivity contribution in [3.63, 3.8) is 0 Å². The summed E-state index contributed by atoms with van der Waals surface area (Å²) >= 11 is 0. The first-order valence-electron chi connectivity index (χ1n) is 7.38. The Hall–Kier alpha value is -0.0800. The number of nitrogens with two attached hydrogens (primary N) is 1. The lowest BCUT2D eigenvalue weighted by Crippen LogP contribution is -2.62. The van der Waals surface area contributed by atoms with Gasteiger partial charge in [0.1, 0.15) is 0 Å². The van der Waals surface area contributed by atoms with E-state index in [0.717, 1.165) is 18.4 Å². The van der Waals surface area contributed by atoms with Crippen LogP contribution in [0.5, 0.6) is 0 Å². The minimum Gasteiger partial charge on any atom is -0.329 e. The van der Waals surface area contributed by atoms with E-state index in [2.05, 4.69) is 32.6 Å². The molecule has 0 aromatic heterocycles. The predicted octanol–water partition coefficient (Wildman–Crippen LogP) is 2.87. The second-order valence-electron chi connectivity index (χ2n) is 7.16. The van der Waals surface area contributed by atoms with Gasteiger partial charge in [0.2, 0.25) is 0 Å². The Bertz CT molecular complexity index is 274. The maximum atomic E-state index is 6.21. The van der Waals surface area contributed by atoms with Crippen LogP contribution in [0.25, 0.3) is 0 Å². The van der Waals surface area contributed by atoms with Crippen LogP contribution in [0.1, 0.15) is 53.4 Å². The van der Waals surface area contributed by atoms with Crippen LogP contribution in [0.2, 0.25) is 0 Å². The van der Waals surface area contributed by atoms with Gasteiger partial charge in [-0.1, -0.05) is 34.1 Å². The van der Waals surface area contributed by atoms with E-state index in [1.165, 1.54) is 38.8 Å². The van der Waals surface area contributed by atoms with E-state index in [4.69, 9.17) is 5.73 Å². The summed E-state index contributed by atoms with van der Waals surface area (Å²) in [5, 5.41) is 0. The summed E-state index contributed by atoms with van der Waals surface area (Å²) < 4.78 is 0. The number of likely N-dealkylation sites (tertiary alicyclic amines) is 1. The second-order valence-corrected chi connectivity index (χ2v) is 7.16. The van der Waals surface area contributed by atoms with Crippen LogP contribution in [-0.4, -0.2) is 30.1 Å². The van der Waals surface area contributed by atoms with Crippen LogP contribution in [0.4, 0.5) is 0 Å². The molecule has 2 N–H and O–H groups in total. The molecule has 1 heterocycles. The van der Waals surface area contributed by atoms with Crippen molar-refractivity contribution >= 4 is 0 Å². The highest BCUT2D eigenvalue weighted by Gasteiger charge is 2.52. The molecule has 2 nitrogen and oxygen atoms in total. The summed E-state index contributed by atoms with van der Waals surface area (Å²) in [4.78, 5) is 2.74. The molecule has 0 amide bonds. The Balaban J connectivity index is 2.19. The lowest BCUT2D eigenvalue weighted by molar-refractivity contribution is -0.0257. The van der Waals surface area contributed by atoms with Crippen LogP contribution in [-0.2, 0) is 0 Å². The molecule has 100 valence electrons. The van der Waals surface area contributed by atoms with Crippen LogP contribution >= 0.6 is 0 Å². The molecule has 3 atom stereocenters. The molecule has 17 heavy (non-hydrogen) atoms. The predicted molar refractivity (Wildman–Crippen MR) is 73.9 cm³/mol. The topological polar surface area (TPSA) is 29.3 Å². The van der Waals surface area contributed by atoms with E-state index in [1.807, 2.05) is 0 Å². The Morgan fingerprint density at radius 2 is 1.88 bits per heavy atom. The average Bonchev–Trinajstić information content (AvgIpc) is 2.58. The zero-order chi connectivity index (χ0) is 12.7. The normalized spacial score (nSPS) is 42.9. The van der Waals surface area contributed by atoms with Gasteiger partial charge in [0.25, 0.3) is 0 Å². The lowest BCUT2D eigenvalue weighted by atomic mass is 9.72. The van der Waals surface area contributed by atoms with E-state index < -0.39 is 0 Å². The lowest BCUT2D eigenvalue weighted by Gasteiger charge is -2.53. The quantitative estimate of drug-likeness (QED) is 0.801. The van der Waals surface area contributed by atoms with E-state index >= 15 is 0 Å². The van der Waals surface area contributed by atoms with Gasteiger partial charge in [0, 0.05) is 18.6 Å². The van der Waals surface area contributed by atoms with Crippen molar-refractivity contribution in [3.8, 4) is 0 Å². The Labute approximate surface area is 107 Å². The van der Waals surface area contributed by atoms with Gasteiger partial charge in [0.05, 0.1) is 0 Å². The molecular formula is C15H30N2. The molecule has 0 bridgehead atoms. The molecule has 1 saturated heterocycles. The molecule has 2 rings (SSSR count). The van der Waals surface area contributed by atoms with Crippen molar-refractivity contribution < 1.29 is 0 Å². The van der Waals surface area contributed by atoms with Crippen LogP contribution in [0.3, 0.4) is 0 Å². The monoisotopic (exact) mass is 238 g/mol. The molecule has 1 aliphatic heterocycles. The Morgan fingerprint density at radius 1 is 1.18 bits per heavy atom. The number of piperidine rings is 1. The number of hydrogen-bond donors (Lipinski definition) is 1. The zero-order valence-corrected chi connectivity index (χ0v) is 12.1. The number of hydrogen-bond acceptors (Lipinski definition) is 2. The SMILES string of the molecule is CC1CCN(C2(CN)CCCC2(C)C)CC1C.